The molecule has 1 aromatic heterocycles. The van der Waals surface area contributed by atoms with E-state index in [-0.39, 0.29) is 15.9 Å². The van der Waals surface area contributed by atoms with Crippen molar-refractivity contribution in [1.29, 1.82) is 0 Å². The Balaban J connectivity index is 1.58. The number of nitrogens with one attached hydrogen (secondary N) is 3. The molecule has 3 aromatic rings. The minimum absolute atomic E-state index is 0.0816. The van der Waals surface area contributed by atoms with E-state index in [1.54, 1.807) is 12.1 Å². The summed E-state index contributed by atoms with van der Waals surface area (Å²) in [6, 6.07) is 17.2. The molecule has 7 nitrogen and oxygen atoms in total. The second-order valence-corrected chi connectivity index (χ2v) is 8.64. The first-order valence-corrected chi connectivity index (χ1v) is 10.8. The number of sulfonamides is 1. The molecule has 0 spiro atoms. The van der Waals surface area contributed by atoms with Crippen molar-refractivity contribution in [3.8, 4) is 0 Å². The molecule has 0 aliphatic carbocycles. The van der Waals surface area contributed by atoms with E-state index >= 15 is 0 Å². The molecular formula is C19H18ClN5O2S2. The zero-order valence-corrected chi connectivity index (χ0v) is 17.8. The Kier molecular flexibility index (Phi) is 6.63. The van der Waals surface area contributed by atoms with Crippen LogP contribution in [0.5, 0.6) is 0 Å². The highest BCUT2D eigenvalue weighted by atomic mass is 35.5. The summed E-state index contributed by atoms with van der Waals surface area (Å²) in [4.78, 5) is 0.0818. The van der Waals surface area contributed by atoms with Crippen molar-refractivity contribution >= 4 is 50.5 Å². The van der Waals surface area contributed by atoms with Crippen LogP contribution in [-0.4, -0.2) is 23.7 Å². The van der Waals surface area contributed by atoms with Gasteiger partial charge in [-0.25, -0.2) is 8.42 Å². The van der Waals surface area contributed by atoms with Crippen LogP contribution in [-0.2, 0) is 16.6 Å². The predicted molar refractivity (Wildman–Crippen MR) is 119 cm³/mol. The molecule has 2 aromatic carbocycles. The lowest BCUT2D eigenvalue weighted by molar-refractivity contribution is 0.601. The monoisotopic (exact) mass is 447 g/mol. The first-order valence-electron chi connectivity index (χ1n) is 8.54. The van der Waals surface area contributed by atoms with Gasteiger partial charge in [-0.05, 0) is 61.1 Å². The first kappa shape index (κ1) is 21.0. The van der Waals surface area contributed by atoms with Crippen molar-refractivity contribution in [1.82, 2.24) is 15.5 Å². The largest absolute Gasteiger partial charge is 0.358 e. The number of aromatic nitrogens is 2. The molecule has 0 fully saturated rings. The van der Waals surface area contributed by atoms with E-state index in [9.17, 15) is 8.42 Å². The Morgan fingerprint density at radius 3 is 2.31 bits per heavy atom. The summed E-state index contributed by atoms with van der Waals surface area (Å²) in [5.74, 6) is 0.0816. The highest BCUT2D eigenvalue weighted by Gasteiger charge is 2.15. The fourth-order valence-corrected chi connectivity index (χ4v) is 3.64. The number of thiocarbonyl (C=S) groups is 1. The van der Waals surface area contributed by atoms with Crippen molar-refractivity contribution in [3.05, 3.63) is 76.9 Å². The first-order chi connectivity index (χ1) is 13.8. The number of aryl methyl sites for hydroxylation is 1. The van der Waals surface area contributed by atoms with Crippen LogP contribution < -0.4 is 15.4 Å². The van der Waals surface area contributed by atoms with Crippen molar-refractivity contribution < 1.29 is 8.42 Å². The van der Waals surface area contributed by atoms with Crippen LogP contribution in [0.3, 0.4) is 0 Å². The lowest BCUT2D eigenvalue weighted by atomic mass is 10.1. The standard InChI is InChI=1S/C19H18ClN5O2S2/c1-13-2-4-14(5-3-13)12-21-19(28)22-15-6-8-16(9-7-15)29(26,27)25-18-11-10-17(20)23-24-18/h2-11H,12H2,1H3,(H,24,25)(H2,21,22,28). The molecular weight excluding hydrogens is 430 g/mol. The summed E-state index contributed by atoms with van der Waals surface area (Å²) in [6.45, 7) is 2.62. The molecule has 0 saturated carbocycles. The molecule has 0 radical (unpaired) electrons. The molecule has 1 heterocycles. The van der Waals surface area contributed by atoms with Gasteiger partial charge in [-0.15, -0.1) is 10.2 Å². The maximum atomic E-state index is 12.4. The van der Waals surface area contributed by atoms with Gasteiger partial charge in [0.1, 0.15) is 0 Å². The normalized spacial score (nSPS) is 11.0. The van der Waals surface area contributed by atoms with Gasteiger partial charge in [0.2, 0.25) is 0 Å². The van der Waals surface area contributed by atoms with Crippen LogP contribution in [0, 0.1) is 6.92 Å². The average Bonchev–Trinajstić information content (AvgIpc) is 2.70. The van der Waals surface area contributed by atoms with Crippen molar-refractivity contribution in [2.24, 2.45) is 0 Å². The fourth-order valence-electron chi connectivity index (χ4n) is 2.35. The van der Waals surface area contributed by atoms with Crippen molar-refractivity contribution in [3.63, 3.8) is 0 Å². The smallest absolute Gasteiger partial charge is 0.263 e. The number of hydrogen-bond donors (Lipinski definition) is 3. The van der Waals surface area contributed by atoms with E-state index in [2.05, 4.69) is 25.6 Å². The SMILES string of the molecule is Cc1ccc(CNC(=S)Nc2ccc(S(=O)(=O)Nc3ccc(Cl)nn3)cc2)cc1. The van der Waals surface area contributed by atoms with Crippen LogP contribution in [0.15, 0.2) is 65.6 Å². The Labute approximate surface area is 179 Å². The third-order valence-corrected chi connectivity index (χ3v) is 5.69. The Morgan fingerprint density at radius 2 is 1.69 bits per heavy atom. The number of hydrogen-bond acceptors (Lipinski definition) is 5. The molecule has 0 bridgehead atoms. The molecule has 150 valence electrons. The van der Waals surface area contributed by atoms with E-state index in [0.717, 1.165) is 5.56 Å². The fraction of sp³-hybridized carbons (Fsp3) is 0.105. The Morgan fingerprint density at radius 1 is 1.00 bits per heavy atom. The van der Waals surface area contributed by atoms with Gasteiger partial charge in [-0.3, -0.25) is 4.72 Å². The molecule has 3 N–H and O–H groups in total. The van der Waals surface area contributed by atoms with Crippen LogP contribution in [0.25, 0.3) is 0 Å². The molecule has 10 heteroatoms. The van der Waals surface area contributed by atoms with Gasteiger partial charge >= 0.3 is 0 Å². The van der Waals surface area contributed by atoms with Gasteiger partial charge in [-0.1, -0.05) is 41.4 Å². The van der Waals surface area contributed by atoms with Crippen LogP contribution in [0.4, 0.5) is 11.5 Å². The summed E-state index contributed by atoms with van der Waals surface area (Å²) in [6.07, 6.45) is 0. The summed E-state index contributed by atoms with van der Waals surface area (Å²) in [5, 5.41) is 14.0. The number of halogens is 1. The van der Waals surface area contributed by atoms with Gasteiger partial charge in [0, 0.05) is 12.2 Å². The minimum atomic E-state index is -3.79. The van der Waals surface area contributed by atoms with Gasteiger partial charge in [0.15, 0.2) is 16.1 Å². The molecule has 3 rings (SSSR count). The maximum absolute atomic E-state index is 12.4. The summed E-state index contributed by atoms with van der Waals surface area (Å²) >= 11 is 10.9. The minimum Gasteiger partial charge on any atom is -0.358 e. The van der Waals surface area contributed by atoms with E-state index < -0.39 is 10.0 Å². The van der Waals surface area contributed by atoms with E-state index in [1.165, 1.54) is 29.8 Å². The third-order valence-electron chi connectivity index (χ3n) is 3.87. The maximum Gasteiger partial charge on any atom is 0.263 e. The van der Waals surface area contributed by atoms with Gasteiger partial charge in [-0.2, -0.15) is 0 Å². The molecule has 0 aliphatic heterocycles. The summed E-state index contributed by atoms with van der Waals surface area (Å²) in [7, 11) is -3.79. The second kappa shape index (κ2) is 9.17. The van der Waals surface area contributed by atoms with Gasteiger partial charge in [0.05, 0.1) is 4.90 Å². The Bertz CT molecular complexity index is 1090. The zero-order chi connectivity index (χ0) is 20.9. The molecule has 0 atom stereocenters. The van der Waals surface area contributed by atoms with Gasteiger partial charge < -0.3 is 10.6 Å². The van der Waals surface area contributed by atoms with Crippen LogP contribution in [0.2, 0.25) is 5.15 Å². The third kappa shape index (κ3) is 6.11. The van der Waals surface area contributed by atoms with E-state index in [4.69, 9.17) is 23.8 Å². The predicted octanol–water partition coefficient (Wildman–Crippen LogP) is 3.73. The number of benzene rings is 2. The summed E-state index contributed by atoms with van der Waals surface area (Å²) < 4.78 is 27.2. The van der Waals surface area contributed by atoms with Gasteiger partial charge in [0.25, 0.3) is 10.0 Å². The van der Waals surface area contributed by atoms with Crippen LogP contribution in [0.1, 0.15) is 11.1 Å². The number of nitrogens with zero attached hydrogens (tertiary/aromatic N) is 2. The quantitative estimate of drug-likeness (QED) is 0.495. The zero-order valence-electron chi connectivity index (χ0n) is 15.4. The molecule has 29 heavy (non-hydrogen) atoms. The highest BCUT2D eigenvalue weighted by molar-refractivity contribution is 7.92. The van der Waals surface area contributed by atoms with Crippen molar-refractivity contribution in [2.75, 3.05) is 10.0 Å². The molecule has 0 amide bonds. The highest BCUT2D eigenvalue weighted by Crippen LogP contribution is 2.17. The lowest BCUT2D eigenvalue weighted by Crippen LogP contribution is -2.27. The van der Waals surface area contributed by atoms with Crippen LogP contribution >= 0.6 is 23.8 Å². The molecule has 0 aliphatic rings. The van der Waals surface area contributed by atoms with Crippen molar-refractivity contribution in [2.45, 2.75) is 18.4 Å². The number of anilines is 2. The lowest BCUT2D eigenvalue weighted by Gasteiger charge is -2.12. The Hall–Kier alpha value is -2.75. The van der Waals surface area contributed by atoms with E-state index in [0.29, 0.717) is 17.3 Å². The number of rotatable bonds is 6. The van der Waals surface area contributed by atoms with E-state index in [1.807, 2.05) is 31.2 Å². The average molecular weight is 448 g/mol. The second-order valence-electron chi connectivity index (χ2n) is 6.16. The molecule has 0 unspecified atom stereocenters. The molecule has 0 saturated heterocycles. The topological polar surface area (TPSA) is 96.0 Å². The summed E-state index contributed by atoms with van der Waals surface area (Å²) in [5.41, 5.74) is 2.97.